The van der Waals surface area contributed by atoms with Gasteiger partial charge in [-0.2, -0.15) is 0 Å². The van der Waals surface area contributed by atoms with Crippen LogP contribution in [0.1, 0.15) is 49.6 Å². The lowest BCUT2D eigenvalue weighted by Crippen LogP contribution is -2.40. The molecule has 8 nitrogen and oxygen atoms in total. The molecule has 2 aliphatic rings. The van der Waals surface area contributed by atoms with E-state index in [-0.39, 0.29) is 12.2 Å². The molecule has 0 saturated carbocycles. The average molecular weight is 584 g/mol. The Bertz CT molecular complexity index is 1790. The van der Waals surface area contributed by atoms with Crippen LogP contribution >= 0.6 is 11.3 Å². The van der Waals surface area contributed by atoms with Crippen molar-refractivity contribution in [3.05, 3.63) is 109 Å². The van der Waals surface area contributed by atoms with Crippen LogP contribution < -0.4 is 24.5 Å². The molecule has 2 aliphatic heterocycles. The SMILES string of the molecule is CCOC(=O)C1=C(c2ccccc2)N=c2s/c(=C/c3ccc(N4CCC(C)CC4)o3)c(=O)n2[C@H]1c1ccc(OC)cc1. The highest BCUT2D eigenvalue weighted by molar-refractivity contribution is 7.07. The van der Waals surface area contributed by atoms with Gasteiger partial charge in [0.1, 0.15) is 11.5 Å². The number of furan rings is 1. The Morgan fingerprint density at radius 1 is 1.07 bits per heavy atom. The normalized spacial score (nSPS) is 17.6. The molecule has 0 N–H and O–H groups in total. The van der Waals surface area contributed by atoms with E-state index in [9.17, 15) is 9.59 Å². The number of hydrogen-bond donors (Lipinski definition) is 0. The van der Waals surface area contributed by atoms with E-state index in [1.807, 2.05) is 66.7 Å². The predicted molar refractivity (Wildman–Crippen MR) is 163 cm³/mol. The van der Waals surface area contributed by atoms with E-state index in [1.54, 1.807) is 24.7 Å². The number of anilines is 1. The zero-order chi connectivity index (χ0) is 29.2. The van der Waals surface area contributed by atoms with Crippen molar-refractivity contribution in [1.29, 1.82) is 0 Å². The number of hydrogen-bond acceptors (Lipinski definition) is 8. The maximum atomic E-state index is 14.1. The van der Waals surface area contributed by atoms with Crippen molar-refractivity contribution >= 4 is 35.0 Å². The van der Waals surface area contributed by atoms with Gasteiger partial charge in [0.15, 0.2) is 10.7 Å². The standard InChI is InChI=1S/C33H33N3O5S/c1-4-40-32(38)28-29(22-8-6-5-7-9-22)34-33-36(30(28)23-10-12-24(39-3)13-11-23)31(37)26(42-33)20-25-14-15-27(41-25)35-18-16-21(2)17-19-35/h5-15,20-21,30H,4,16-19H2,1-3H3/b26-20+/t30-/m0/s1. The van der Waals surface area contributed by atoms with Crippen molar-refractivity contribution in [2.24, 2.45) is 10.9 Å². The minimum atomic E-state index is -0.744. The summed E-state index contributed by atoms with van der Waals surface area (Å²) in [5.74, 6) is 2.29. The molecule has 0 amide bonds. The van der Waals surface area contributed by atoms with Gasteiger partial charge in [-0.1, -0.05) is 60.7 Å². The molecule has 216 valence electrons. The van der Waals surface area contributed by atoms with Crippen molar-refractivity contribution in [3.63, 3.8) is 0 Å². The number of rotatable bonds is 7. The number of thiazole rings is 1. The molecule has 6 rings (SSSR count). The van der Waals surface area contributed by atoms with E-state index in [0.717, 1.165) is 48.9 Å². The summed E-state index contributed by atoms with van der Waals surface area (Å²) in [6.07, 6.45) is 4.03. The summed E-state index contributed by atoms with van der Waals surface area (Å²) in [6.45, 7) is 6.15. The van der Waals surface area contributed by atoms with Gasteiger partial charge >= 0.3 is 5.97 Å². The highest BCUT2D eigenvalue weighted by atomic mass is 32.1. The summed E-state index contributed by atoms with van der Waals surface area (Å²) >= 11 is 1.28. The Morgan fingerprint density at radius 3 is 2.50 bits per heavy atom. The van der Waals surface area contributed by atoms with E-state index in [2.05, 4.69) is 11.8 Å². The molecular formula is C33H33N3O5S. The predicted octanol–water partition coefficient (Wildman–Crippen LogP) is 4.77. The molecule has 0 unspecified atom stereocenters. The van der Waals surface area contributed by atoms with Crippen molar-refractivity contribution in [1.82, 2.24) is 4.57 Å². The largest absolute Gasteiger partial charge is 0.497 e. The Balaban J connectivity index is 1.51. The zero-order valence-corrected chi connectivity index (χ0v) is 24.7. The average Bonchev–Trinajstić information content (AvgIpc) is 3.61. The van der Waals surface area contributed by atoms with Crippen LogP contribution in [-0.2, 0) is 9.53 Å². The van der Waals surface area contributed by atoms with Crippen LogP contribution in [0.25, 0.3) is 11.8 Å². The molecule has 42 heavy (non-hydrogen) atoms. The first-order valence-corrected chi connectivity index (χ1v) is 15.1. The molecule has 1 saturated heterocycles. The van der Waals surface area contributed by atoms with E-state index in [4.69, 9.17) is 18.9 Å². The maximum absolute atomic E-state index is 14.1. The Hall–Kier alpha value is -4.37. The van der Waals surface area contributed by atoms with Crippen LogP contribution in [0.5, 0.6) is 5.75 Å². The molecule has 1 fully saturated rings. The summed E-state index contributed by atoms with van der Waals surface area (Å²) in [5, 5.41) is 0. The molecule has 4 aromatic rings. The summed E-state index contributed by atoms with van der Waals surface area (Å²) in [7, 11) is 1.60. The first kappa shape index (κ1) is 27.8. The molecular weight excluding hydrogens is 550 g/mol. The van der Waals surface area contributed by atoms with Gasteiger partial charge in [0.05, 0.1) is 35.6 Å². The smallest absolute Gasteiger partial charge is 0.338 e. The minimum Gasteiger partial charge on any atom is -0.497 e. The third-order valence-electron chi connectivity index (χ3n) is 7.79. The number of carbonyl (C=O) groups is 1. The van der Waals surface area contributed by atoms with Crippen molar-refractivity contribution in [2.45, 2.75) is 32.7 Å². The number of carbonyl (C=O) groups excluding carboxylic acids is 1. The number of aromatic nitrogens is 1. The van der Waals surface area contributed by atoms with Crippen molar-refractivity contribution in [2.75, 3.05) is 31.7 Å². The molecule has 0 radical (unpaired) electrons. The fourth-order valence-corrected chi connectivity index (χ4v) is 6.47. The topological polar surface area (TPSA) is 86.3 Å². The number of piperidine rings is 1. The first-order chi connectivity index (χ1) is 20.5. The van der Waals surface area contributed by atoms with Crippen LogP contribution in [0.4, 0.5) is 5.88 Å². The quantitative estimate of drug-likeness (QED) is 0.291. The molecule has 1 atom stereocenters. The van der Waals surface area contributed by atoms with E-state index in [0.29, 0.717) is 32.1 Å². The van der Waals surface area contributed by atoms with E-state index >= 15 is 0 Å². The number of methoxy groups -OCH3 is 1. The molecule has 0 spiro atoms. The second-order valence-corrected chi connectivity index (χ2v) is 11.6. The maximum Gasteiger partial charge on any atom is 0.338 e. The van der Waals surface area contributed by atoms with Crippen molar-refractivity contribution in [3.8, 4) is 5.75 Å². The first-order valence-electron chi connectivity index (χ1n) is 14.2. The lowest BCUT2D eigenvalue weighted by molar-refractivity contribution is -0.138. The second-order valence-electron chi connectivity index (χ2n) is 10.6. The Morgan fingerprint density at radius 2 is 1.81 bits per heavy atom. The number of nitrogens with zero attached hydrogens (tertiary/aromatic N) is 3. The summed E-state index contributed by atoms with van der Waals surface area (Å²) in [5.41, 5.74) is 2.06. The Kier molecular flexibility index (Phi) is 7.84. The number of esters is 1. The monoisotopic (exact) mass is 583 g/mol. The summed E-state index contributed by atoms with van der Waals surface area (Å²) < 4.78 is 19.1. The van der Waals surface area contributed by atoms with Crippen LogP contribution in [-0.4, -0.2) is 37.3 Å². The number of fused-ring (bicyclic) bond motifs is 1. The van der Waals surface area contributed by atoms with E-state index < -0.39 is 12.0 Å². The summed E-state index contributed by atoms with van der Waals surface area (Å²) in [6, 6.07) is 20.0. The summed E-state index contributed by atoms with van der Waals surface area (Å²) in [4.78, 5) is 35.3. The molecule has 0 aliphatic carbocycles. The molecule has 4 heterocycles. The number of ether oxygens (including phenoxy) is 2. The van der Waals surface area contributed by atoms with Crippen LogP contribution in [0.3, 0.4) is 0 Å². The second kappa shape index (κ2) is 11.9. The van der Waals surface area contributed by atoms with Gasteiger partial charge in [-0.25, -0.2) is 9.79 Å². The van der Waals surface area contributed by atoms with Gasteiger partial charge in [-0.3, -0.25) is 9.36 Å². The minimum absolute atomic E-state index is 0.195. The van der Waals surface area contributed by atoms with Gasteiger partial charge in [-0.15, -0.1) is 0 Å². The van der Waals surface area contributed by atoms with Gasteiger partial charge in [-0.05, 0) is 49.4 Å². The highest BCUT2D eigenvalue weighted by Gasteiger charge is 2.35. The van der Waals surface area contributed by atoms with Crippen LogP contribution in [0.15, 0.2) is 86.5 Å². The molecule has 2 aromatic carbocycles. The number of benzene rings is 2. The van der Waals surface area contributed by atoms with E-state index in [1.165, 1.54) is 11.3 Å². The van der Waals surface area contributed by atoms with Gasteiger partial charge in [0.2, 0.25) is 0 Å². The fourth-order valence-electron chi connectivity index (χ4n) is 5.49. The molecule has 0 bridgehead atoms. The molecule has 9 heteroatoms. The van der Waals surface area contributed by atoms with Gasteiger partial charge < -0.3 is 18.8 Å². The van der Waals surface area contributed by atoms with Crippen LogP contribution in [0.2, 0.25) is 0 Å². The highest BCUT2D eigenvalue weighted by Crippen LogP contribution is 2.35. The third kappa shape index (κ3) is 5.32. The zero-order valence-electron chi connectivity index (χ0n) is 23.9. The van der Waals surface area contributed by atoms with Crippen molar-refractivity contribution < 1.29 is 18.7 Å². The lowest BCUT2D eigenvalue weighted by atomic mass is 9.93. The molecule has 2 aromatic heterocycles. The van der Waals surface area contributed by atoms with Gasteiger partial charge in [0, 0.05) is 30.8 Å². The van der Waals surface area contributed by atoms with Crippen LogP contribution in [0, 0.1) is 5.92 Å². The van der Waals surface area contributed by atoms with Gasteiger partial charge in [0.25, 0.3) is 5.56 Å². The lowest BCUT2D eigenvalue weighted by Gasteiger charge is -2.29. The Labute approximate surface area is 247 Å². The third-order valence-corrected chi connectivity index (χ3v) is 8.77. The fraction of sp³-hybridized carbons (Fsp3) is 0.303.